The molecule has 0 amide bonds. The van der Waals surface area contributed by atoms with Gasteiger partial charge in [-0.05, 0) is 50.1 Å². The summed E-state index contributed by atoms with van der Waals surface area (Å²) in [5, 5.41) is 9.28. The molecule has 0 aliphatic heterocycles. The zero-order chi connectivity index (χ0) is 17.4. The first kappa shape index (κ1) is 15.8. The lowest BCUT2D eigenvalue weighted by Crippen LogP contribution is -2.14. The SMILES string of the molecule is Cc1cccc(-c2nc3cc(C(=O)O)ccc3n2C2CCCCC2)n1. The van der Waals surface area contributed by atoms with Gasteiger partial charge in [-0.25, -0.2) is 14.8 Å². The van der Waals surface area contributed by atoms with Crippen molar-refractivity contribution < 1.29 is 9.90 Å². The van der Waals surface area contributed by atoms with E-state index in [1.807, 2.05) is 31.2 Å². The van der Waals surface area contributed by atoms with Gasteiger partial charge in [0.2, 0.25) is 0 Å². The van der Waals surface area contributed by atoms with E-state index in [0.717, 1.165) is 41.1 Å². The van der Waals surface area contributed by atoms with E-state index in [-0.39, 0.29) is 5.56 Å². The fourth-order valence-electron chi connectivity index (χ4n) is 3.79. The Morgan fingerprint density at radius 3 is 2.64 bits per heavy atom. The van der Waals surface area contributed by atoms with Gasteiger partial charge < -0.3 is 9.67 Å². The average molecular weight is 335 g/mol. The fraction of sp³-hybridized carbons (Fsp3) is 0.350. The van der Waals surface area contributed by atoms with Crippen LogP contribution in [0.2, 0.25) is 0 Å². The predicted octanol–water partition coefficient (Wildman–Crippen LogP) is 4.61. The number of fused-ring (bicyclic) bond motifs is 1. The summed E-state index contributed by atoms with van der Waals surface area (Å²) >= 11 is 0. The highest BCUT2D eigenvalue weighted by molar-refractivity contribution is 5.93. The largest absolute Gasteiger partial charge is 0.478 e. The van der Waals surface area contributed by atoms with Crippen molar-refractivity contribution in [2.45, 2.75) is 45.1 Å². The summed E-state index contributed by atoms with van der Waals surface area (Å²) in [5.74, 6) is -0.0857. The van der Waals surface area contributed by atoms with Crippen molar-refractivity contribution in [2.24, 2.45) is 0 Å². The number of benzene rings is 1. The molecule has 25 heavy (non-hydrogen) atoms. The topological polar surface area (TPSA) is 68.0 Å². The van der Waals surface area contributed by atoms with Crippen LogP contribution in [-0.4, -0.2) is 25.6 Å². The van der Waals surface area contributed by atoms with Crippen molar-refractivity contribution in [3.05, 3.63) is 47.7 Å². The number of aryl methyl sites for hydroxylation is 1. The third-order valence-corrected chi connectivity index (χ3v) is 4.99. The third kappa shape index (κ3) is 2.90. The second-order valence-corrected chi connectivity index (χ2v) is 6.77. The molecule has 0 saturated heterocycles. The van der Waals surface area contributed by atoms with Crippen LogP contribution in [0, 0.1) is 6.92 Å². The summed E-state index contributed by atoms with van der Waals surface area (Å²) in [6.45, 7) is 1.97. The fourth-order valence-corrected chi connectivity index (χ4v) is 3.79. The van der Waals surface area contributed by atoms with E-state index in [9.17, 15) is 9.90 Å². The third-order valence-electron chi connectivity index (χ3n) is 4.99. The van der Waals surface area contributed by atoms with Crippen molar-refractivity contribution in [3.63, 3.8) is 0 Å². The highest BCUT2D eigenvalue weighted by Gasteiger charge is 2.23. The molecule has 1 saturated carbocycles. The molecule has 1 N–H and O–H groups in total. The van der Waals surface area contributed by atoms with E-state index in [0.29, 0.717) is 6.04 Å². The van der Waals surface area contributed by atoms with E-state index >= 15 is 0 Å². The Bertz CT molecular complexity index is 939. The minimum Gasteiger partial charge on any atom is -0.478 e. The molecular weight excluding hydrogens is 314 g/mol. The van der Waals surface area contributed by atoms with Crippen LogP contribution in [0.1, 0.15) is 54.2 Å². The molecule has 0 atom stereocenters. The Morgan fingerprint density at radius 2 is 1.92 bits per heavy atom. The van der Waals surface area contributed by atoms with Crippen LogP contribution in [0.4, 0.5) is 0 Å². The molecule has 0 unspecified atom stereocenters. The lowest BCUT2D eigenvalue weighted by molar-refractivity contribution is 0.0697. The van der Waals surface area contributed by atoms with Gasteiger partial charge in [-0.15, -0.1) is 0 Å². The summed E-state index contributed by atoms with van der Waals surface area (Å²) in [6.07, 6.45) is 5.98. The van der Waals surface area contributed by atoms with Gasteiger partial charge in [0, 0.05) is 11.7 Å². The molecule has 0 spiro atoms. The first-order valence-corrected chi connectivity index (χ1v) is 8.83. The van der Waals surface area contributed by atoms with Crippen LogP contribution < -0.4 is 0 Å². The first-order valence-electron chi connectivity index (χ1n) is 8.83. The molecule has 4 rings (SSSR count). The van der Waals surface area contributed by atoms with Crippen LogP contribution >= 0.6 is 0 Å². The number of carboxylic acid groups (broad SMARTS) is 1. The van der Waals surface area contributed by atoms with Crippen LogP contribution in [0.3, 0.4) is 0 Å². The molecule has 2 aromatic heterocycles. The first-order chi connectivity index (χ1) is 12.1. The minimum absolute atomic E-state index is 0.268. The zero-order valence-electron chi connectivity index (χ0n) is 14.3. The van der Waals surface area contributed by atoms with Gasteiger partial charge in [0.05, 0.1) is 16.6 Å². The molecule has 1 aliphatic rings. The number of aromatic nitrogens is 3. The molecule has 0 radical (unpaired) electrons. The number of carboxylic acids is 1. The summed E-state index contributed by atoms with van der Waals surface area (Å²) in [6, 6.07) is 11.6. The van der Waals surface area contributed by atoms with Gasteiger partial charge in [0.1, 0.15) is 5.69 Å². The monoisotopic (exact) mass is 335 g/mol. The van der Waals surface area contributed by atoms with Crippen molar-refractivity contribution in [2.75, 3.05) is 0 Å². The number of imidazole rings is 1. The number of hydrogen-bond acceptors (Lipinski definition) is 3. The second-order valence-electron chi connectivity index (χ2n) is 6.77. The van der Waals surface area contributed by atoms with E-state index < -0.39 is 5.97 Å². The lowest BCUT2D eigenvalue weighted by Gasteiger charge is -2.25. The van der Waals surface area contributed by atoms with E-state index in [1.54, 1.807) is 12.1 Å². The predicted molar refractivity (Wildman–Crippen MR) is 96.8 cm³/mol. The summed E-state index contributed by atoms with van der Waals surface area (Å²) in [7, 11) is 0. The molecule has 0 bridgehead atoms. The Kier molecular flexibility index (Phi) is 3.99. The highest BCUT2D eigenvalue weighted by Crippen LogP contribution is 2.35. The molecule has 5 heteroatoms. The van der Waals surface area contributed by atoms with Crippen LogP contribution in [0.25, 0.3) is 22.6 Å². The van der Waals surface area contributed by atoms with Crippen LogP contribution in [0.5, 0.6) is 0 Å². The van der Waals surface area contributed by atoms with Crippen molar-refractivity contribution in [1.82, 2.24) is 14.5 Å². The second kappa shape index (κ2) is 6.31. The van der Waals surface area contributed by atoms with Crippen LogP contribution in [-0.2, 0) is 0 Å². The maximum Gasteiger partial charge on any atom is 0.335 e. The molecule has 1 aromatic carbocycles. The van der Waals surface area contributed by atoms with Crippen molar-refractivity contribution in [1.29, 1.82) is 0 Å². The summed E-state index contributed by atoms with van der Waals surface area (Å²) in [4.78, 5) is 20.7. The Labute approximate surface area is 146 Å². The molecule has 3 aromatic rings. The quantitative estimate of drug-likeness (QED) is 0.759. The molecular formula is C20H21N3O2. The minimum atomic E-state index is -0.927. The Balaban J connectivity index is 1.94. The van der Waals surface area contributed by atoms with E-state index in [2.05, 4.69) is 9.55 Å². The number of carbonyl (C=O) groups is 1. The van der Waals surface area contributed by atoms with Gasteiger partial charge >= 0.3 is 5.97 Å². The molecule has 128 valence electrons. The number of nitrogens with zero attached hydrogens (tertiary/aromatic N) is 3. The van der Waals surface area contributed by atoms with Gasteiger partial charge in [0.15, 0.2) is 5.82 Å². The molecule has 1 fully saturated rings. The standard InChI is InChI=1S/C20H21N3O2/c1-13-6-5-9-16(21-13)19-22-17-12-14(20(24)25)10-11-18(17)23(19)15-7-3-2-4-8-15/h5-6,9-12,15H,2-4,7-8H2,1H3,(H,24,25). The van der Waals surface area contributed by atoms with Crippen molar-refractivity contribution >= 4 is 17.0 Å². The number of aromatic carboxylic acids is 1. The van der Waals surface area contributed by atoms with Gasteiger partial charge in [-0.2, -0.15) is 0 Å². The summed E-state index contributed by atoms with van der Waals surface area (Å²) < 4.78 is 2.28. The smallest absolute Gasteiger partial charge is 0.335 e. The number of rotatable bonds is 3. The Morgan fingerprint density at radius 1 is 1.12 bits per heavy atom. The van der Waals surface area contributed by atoms with Gasteiger partial charge in [-0.3, -0.25) is 0 Å². The molecule has 5 nitrogen and oxygen atoms in total. The zero-order valence-corrected chi connectivity index (χ0v) is 14.3. The Hall–Kier alpha value is -2.69. The highest BCUT2D eigenvalue weighted by atomic mass is 16.4. The maximum atomic E-state index is 11.3. The van der Waals surface area contributed by atoms with E-state index in [4.69, 9.17) is 4.98 Å². The number of hydrogen-bond donors (Lipinski definition) is 1. The van der Waals surface area contributed by atoms with Gasteiger partial charge in [0.25, 0.3) is 0 Å². The lowest BCUT2D eigenvalue weighted by atomic mass is 9.95. The van der Waals surface area contributed by atoms with Gasteiger partial charge in [-0.1, -0.05) is 25.3 Å². The maximum absolute atomic E-state index is 11.3. The van der Waals surface area contributed by atoms with Crippen LogP contribution in [0.15, 0.2) is 36.4 Å². The molecule has 1 aliphatic carbocycles. The van der Waals surface area contributed by atoms with Crippen molar-refractivity contribution in [3.8, 4) is 11.5 Å². The number of pyridine rings is 1. The molecule has 2 heterocycles. The normalized spacial score (nSPS) is 15.6. The summed E-state index contributed by atoms with van der Waals surface area (Å²) in [5.41, 5.74) is 3.79. The van der Waals surface area contributed by atoms with E-state index in [1.165, 1.54) is 19.3 Å². The average Bonchev–Trinajstić information content (AvgIpc) is 3.01.